The van der Waals surface area contributed by atoms with E-state index in [1.165, 1.54) is 12.8 Å². The average molecular weight is 235 g/mol. The molecule has 17 heavy (non-hydrogen) atoms. The SMILES string of the molecule is CC.Cc1ncnc(N2CC3CCC(C2)N3)n1. The molecule has 5 nitrogen and oxygen atoms in total. The molecule has 0 aromatic carbocycles. The van der Waals surface area contributed by atoms with Crippen LogP contribution >= 0.6 is 0 Å². The van der Waals surface area contributed by atoms with Crippen LogP contribution in [0.1, 0.15) is 32.5 Å². The topological polar surface area (TPSA) is 53.9 Å². The predicted molar refractivity (Wildman–Crippen MR) is 68.1 cm³/mol. The minimum atomic E-state index is 0.626. The standard InChI is InChI=1S/C10H15N5.C2H6/c1-7-11-6-12-10(13-7)15-4-8-2-3-9(5-15)14-8;1-2/h6,8-9,14H,2-5H2,1H3;1-2H3. The molecule has 0 saturated carbocycles. The van der Waals surface area contributed by atoms with E-state index in [-0.39, 0.29) is 0 Å². The van der Waals surface area contributed by atoms with Crippen molar-refractivity contribution in [2.24, 2.45) is 0 Å². The number of piperazine rings is 1. The highest BCUT2D eigenvalue weighted by Gasteiger charge is 2.33. The molecule has 2 bridgehead atoms. The molecule has 2 saturated heterocycles. The van der Waals surface area contributed by atoms with E-state index in [2.05, 4.69) is 25.2 Å². The van der Waals surface area contributed by atoms with Crippen molar-refractivity contribution < 1.29 is 0 Å². The molecule has 2 unspecified atom stereocenters. The van der Waals surface area contributed by atoms with Crippen LogP contribution in [0.4, 0.5) is 5.95 Å². The van der Waals surface area contributed by atoms with Crippen LogP contribution in [0.2, 0.25) is 0 Å². The highest BCUT2D eigenvalue weighted by molar-refractivity contribution is 5.31. The Morgan fingerprint density at radius 2 is 1.82 bits per heavy atom. The maximum Gasteiger partial charge on any atom is 0.228 e. The molecule has 0 spiro atoms. The zero-order valence-electron chi connectivity index (χ0n) is 10.8. The normalized spacial score (nSPS) is 26.4. The minimum Gasteiger partial charge on any atom is -0.338 e. The van der Waals surface area contributed by atoms with Gasteiger partial charge in [0, 0.05) is 25.2 Å². The summed E-state index contributed by atoms with van der Waals surface area (Å²) in [6.45, 7) is 7.96. The summed E-state index contributed by atoms with van der Waals surface area (Å²) < 4.78 is 0. The Hall–Kier alpha value is -1.23. The number of fused-ring (bicyclic) bond motifs is 2. The van der Waals surface area contributed by atoms with Gasteiger partial charge in [0.2, 0.25) is 5.95 Å². The van der Waals surface area contributed by atoms with Gasteiger partial charge in [0.25, 0.3) is 0 Å². The first-order valence-corrected chi connectivity index (χ1v) is 6.48. The lowest BCUT2D eigenvalue weighted by Gasteiger charge is -2.32. The second kappa shape index (κ2) is 5.40. The number of hydrogen-bond donors (Lipinski definition) is 1. The fraction of sp³-hybridized carbons (Fsp3) is 0.750. The summed E-state index contributed by atoms with van der Waals surface area (Å²) in [6, 6.07) is 1.25. The first-order valence-electron chi connectivity index (χ1n) is 6.48. The van der Waals surface area contributed by atoms with Crippen LogP contribution in [0.25, 0.3) is 0 Å². The van der Waals surface area contributed by atoms with E-state index < -0.39 is 0 Å². The smallest absolute Gasteiger partial charge is 0.228 e. The molecule has 2 atom stereocenters. The van der Waals surface area contributed by atoms with Gasteiger partial charge in [-0.15, -0.1) is 0 Å². The number of hydrogen-bond acceptors (Lipinski definition) is 5. The molecule has 5 heteroatoms. The van der Waals surface area contributed by atoms with Gasteiger partial charge < -0.3 is 10.2 Å². The molecule has 2 aliphatic heterocycles. The van der Waals surface area contributed by atoms with Crippen molar-refractivity contribution in [1.82, 2.24) is 20.3 Å². The number of rotatable bonds is 1. The number of nitrogens with zero attached hydrogens (tertiary/aromatic N) is 4. The molecule has 3 heterocycles. The third kappa shape index (κ3) is 2.72. The fourth-order valence-electron chi connectivity index (χ4n) is 2.48. The van der Waals surface area contributed by atoms with E-state index in [0.717, 1.165) is 24.9 Å². The summed E-state index contributed by atoms with van der Waals surface area (Å²) in [6.07, 6.45) is 4.16. The van der Waals surface area contributed by atoms with Crippen LogP contribution in [0.3, 0.4) is 0 Å². The maximum absolute atomic E-state index is 4.37. The summed E-state index contributed by atoms with van der Waals surface area (Å²) in [4.78, 5) is 14.9. The van der Waals surface area contributed by atoms with Gasteiger partial charge in [0.05, 0.1) is 0 Å². The summed E-state index contributed by atoms with van der Waals surface area (Å²) in [5.74, 6) is 1.63. The van der Waals surface area contributed by atoms with Crippen molar-refractivity contribution >= 4 is 5.95 Å². The van der Waals surface area contributed by atoms with E-state index in [9.17, 15) is 0 Å². The van der Waals surface area contributed by atoms with Crippen molar-refractivity contribution in [3.63, 3.8) is 0 Å². The van der Waals surface area contributed by atoms with Gasteiger partial charge in [-0.25, -0.2) is 9.97 Å². The fourth-order valence-corrected chi connectivity index (χ4v) is 2.48. The first kappa shape index (κ1) is 12.2. The number of aryl methyl sites for hydroxylation is 1. The lowest BCUT2D eigenvalue weighted by molar-refractivity contribution is 0.460. The Balaban J connectivity index is 0.000000514. The quantitative estimate of drug-likeness (QED) is 0.791. The van der Waals surface area contributed by atoms with Gasteiger partial charge >= 0.3 is 0 Å². The van der Waals surface area contributed by atoms with Crippen molar-refractivity contribution in [2.45, 2.75) is 45.7 Å². The number of anilines is 1. The van der Waals surface area contributed by atoms with Gasteiger partial charge in [-0.1, -0.05) is 13.8 Å². The van der Waals surface area contributed by atoms with Crippen molar-refractivity contribution in [2.75, 3.05) is 18.0 Å². The molecule has 3 rings (SSSR count). The Bertz CT molecular complexity index is 356. The number of nitrogens with one attached hydrogen (secondary N) is 1. The molecule has 94 valence electrons. The van der Waals surface area contributed by atoms with Crippen LogP contribution in [-0.2, 0) is 0 Å². The lowest BCUT2D eigenvalue weighted by Crippen LogP contribution is -2.51. The number of aromatic nitrogens is 3. The third-order valence-electron chi connectivity index (χ3n) is 3.18. The molecule has 0 aliphatic carbocycles. The summed E-state index contributed by atoms with van der Waals surface area (Å²) in [7, 11) is 0. The van der Waals surface area contributed by atoms with E-state index in [0.29, 0.717) is 12.1 Å². The largest absolute Gasteiger partial charge is 0.338 e. The van der Waals surface area contributed by atoms with Crippen LogP contribution in [0.5, 0.6) is 0 Å². The highest BCUT2D eigenvalue weighted by Crippen LogP contribution is 2.22. The monoisotopic (exact) mass is 235 g/mol. The Kier molecular flexibility index (Phi) is 3.89. The lowest BCUT2D eigenvalue weighted by atomic mass is 10.2. The van der Waals surface area contributed by atoms with Crippen LogP contribution in [0, 0.1) is 6.92 Å². The minimum absolute atomic E-state index is 0.626. The zero-order valence-corrected chi connectivity index (χ0v) is 10.8. The Labute approximate surface area is 103 Å². The summed E-state index contributed by atoms with van der Waals surface area (Å²) in [5.41, 5.74) is 0. The highest BCUT2D eigenvalue weighted by atomic mass is 15.3. The first-order chi connectivity index (χ1) is 8.31. The van der Waals surface area contributed by atoms with Gasteiger partial charge in [-0.3, -0.25) is 0 Å². The van der Waals surface area contributed by atoms with Gasteiger partial charge in [0.1, 0.15) is 12.2 Å². The summed E-state index contributed by atoms with van der Waals surface area (Å²) in [5, 5.41) is 3.59. The molecule has 2 aliphatic rings. The van der Waals surface area contributed by atoms with Crippen molar-refractivity contribution in [3.8, 4) is 0 Å². The van der Waals surface area contributed by atoms with E-state index >= 15 is 0 Å². The summed E-state index contributed by atoms with van der Waals surface area (Å²) >= 11 is 0. The van der Waals surface area contributed by atoms with Gasteiger partial charge in [-0.05, 0) is 19.8 Å². The molecule has 0 amide bonds. The van der Waals surface area contributed by atoms with Gasteiger partial charge in [0.15, 0.2) is 0 Å². The van der Waals surface area contributed by atoms with Crippen molar-refractivity contribution in [3.05, 3.63) is 12.2 Å². The zero-order chi connectivity index (χ0) is 12.3. The van der Waals surface area contributed by atoms with E-state index in [1.807, 2.05) is 20.8 Å². The molecule has 0 radical (unpaired) electrons. The second-order valence-corrected chi connectivity index (χ2v) is 4.38. The molecular formula is C12H21N5. The Morgan fingerprint density at radius 3 is 2.41 bits per heavy atom. The van der Waals surface area contributed by atoms with Crippen LogP contribution in [0.15, 0.2) is 6.33 Å². The van der Waals surface area contributed by atoms with E-state index in [4.69, 9.17) is 0 Å². The molecule has 1 N–H and O–H groups in total. The Morgan fingerprint density at radius 1 is 1.18 bits per heavy atom. The van der Waals surface area contributed by atoms with E-state index in [1.54, 1.807) is 6.33 Å². The average Bonchev–Trinajstić information content (AvgIpc) is 2.71. The molecular weight excluding hydrogens is 214 g/mol. The second-order valence-electron chi connectivity index (χ2n) is 4.38. The predicted octanol–water partition coefficient (Wildman–Crippen LogP) is 1.15. The van der Waals surface area contributed by atoms with Gasteiger partial charge in [-0.2, -0.15) is 4.98 Å². The molecule has 1 aromatic rings. The maximum atomic E-state index is 4.37. The molecule has 2 fully saturated rings. The third-order valence-corrected chi connectivity index (χ3v) is 3.18. The van der Waals surface area contributed by atoms with Crippen molar-refractivity contribution in [1.29, 1.82) is 0 Å². The molecule has 1 aromatic heterocycles. The van der Waals surface area contributed by atoms with Crippen LogP contribution in [-0.4, -0.2) is 40.1 Å². The van der Waals surface area contributed by atoms with Crippen LogP contribution < -0.4 is 10.2 Å².